The Morgan fingerprint density at radius 3 is 2.46 bits per heavy atom. The fourth-order valence-corrected chi connectivity index (χ4v) is 4.87. The van der Waals surface area contributed by atoms with E-state index >= 15 is 0 Å². The van der Waals surface area contributed by atoms with Crippen molar-refractivity contribution in [2.75, 3.05) is 5.32 Å². The van der Waals surface area contributed by atoms with Gasteiger partial charge in [0.2, 0.25) is 0 Å². The maximum atomic E-state index is 10.1. The molecule has 6 aromatic rings. The summed E-state index contributed by atoms with van der Waals surface area (Å²) in [6, 6.07) is 33.0. The van der Waals surface area contributed by atoms with Gasteiger partial charge in [0, 0.05) is 22.7 Å². The molecule has 0 amide bonds. The highest BCUT2D eigenvalue weighted by atomic mass is 35.5. The predicted molar refractivity (Wildman–Crippen MR) is 144 cm³/mol. The van der Waals surface area contributed by atoms with E-state index in [-0.39, 0.29) is 0 Å². The van der Waals surface area contributed by atoms with Gasteiger partial charge in [-0.2, -0.15) is 5.26 Å². The molecule has 0 aliphatic rings. The summed E-state index contributed by atoms with van der Waals surface area (Å²) in [5.41, 5.74) is 7.13. The normalized spacial score (nSPS) is 11.2. The van der Waals surface area contributed by atoms with Crippen LogP contribution in [0.5, 0.6) is 0 Å². The van der Waals surface area contributed by atoms with Gasteiger partial charge >= 0.3 is 0 Å². The summed E-state index contributed by atoms with van der Waals surface area (Å²) in [6.45, 7) is 2.01. The average molecular weight is 473 g/mol. The van der Waals surface area contributed by atoms with Crippen molar-refractivity contribution in [1.82, 2.24) is 9.38 Å². The fraction of sp³-hybridized carbons (Fsp3) is 0.0667. The zero-order chi connectivity index (χ0) is 23.9. The molecular formula is C30H21ClN4. The summed E-state index contributed by atoms with van der Waals surface area (Å²) < 4.78 is 2.08. The SMILES string of the molecule is Cc1c(Cc2ccc(Cl)cc2)c(Nc2ccc3ccccc3c2)n2c(nc3ccccc32)c1C#N. The first kappa shape index (κ1) is 21.2. The lowest BCUT2D eigenvalue weighted by Crippen LogP contribution is -2.09. The lowest BCUT2D eigenvalue weighted by atomic mass is 9.97. The van der Waals surface area contributed by atoms with Gasteiger partial charge in [-0.15, -0.1) is 0 Å². The molecule has 0 fully saturated rings. The monoisotopic (exact) mass is 472 g/mol. The predicted octanol–water partition coefficient (Wildman–Crippen LogP) is 7.81. The molecule has 4 aromatic carbocycles. The maximum absolute atomic E-state index is 10.1. The van der Waals surface area contributed by atoms with E-state index in [0.29, 0.717) is 22.7 Å². The molecule has 2 heterocycles. The Balaban J connectivity index is 1.63. The first-order chi connectivity index (χ1) is 17.1. The average Bonchev–Trinajstić information content (AvgIpc) is 3.26. The molecule has 0 saturated carbocycles. The number of nitriles is 1. The number of aromatic nitrogens is 2. The molecule has 0 saturated heterocycles. The number of nitrogens with one attached hydrogen (secondary N) is 1. The number of benzene rings is 4. The lowest BCUT2D eigenvalue weighted by Gasteiger charge is -2.19. The largest absolute Gasteiger partial charge is 0.341 e. The van der Waals surface area contributed by atoms with E-state index in [0.717, 1.165) is 44.6 Å². The van der Waals surface area contributed by atoms with Gasteiger partial charge in [-0.1, -0.05) is 66.2 Å². The molecule has 35 heavy (non-hydrogen) atoms. The molecule has 4 nitrogen and oxygen atoms in total. The van der Waals surface area contributed by atoms with Crippen molar-refractivity contribution >= 4 is 50.6 Å². The smallest absolute Gasteiger partial charge is 0.157 e. The van der Waals surface area contributed by atoms with Crippen LogP contribution in [-0.2, 0) is 6.42 Å². The molecule has 0 bridgehead atoms. The highest BCUT2D eigenvalue weighted by Crippen LogP contribution is 2.35. The molecule has 0 atom stereocenters. The Morgan fingerprint density at radius 1 is 0.914 bits per heavy atom. The quantitative estimate of drug-likeness (QED) is 0.284. The van der Waals surface area contributed by atoms with E-state index in [1.54, 1.807) is 0 Å². The molecule has 0 unspecified atom stereocenters. The van der Waals surface area contributed by atoms with E-state index in [9.17, 15) is 5.26 Å². The van der Waals surface area contributed by atoms with E-state index in [2.05, 4.69) is 46.1 Å². The van der Waals surface area contributed by atoms with Crippen LogP contribution in [0.3, 0.4) is 0 Å². The number of anilines is 2. The minimum Gasteiger partial charge on any atom is -0.341 e. The number of imidazole rings is 1. The minimum absolute atomic E-state index is 0.592. The molecule has 5 heteroatoms. The van der Waals surface area contributed by atoms with Gasteiger partial charge < -0.3 is 5.32 Å². The van der Waals surface area contributed by atoms with E-state index in [1.165, 1.54) is 5.39 Å². The number of rotatable bonds is 4. The van der Waals surface area contributed by atoms with Crippen molar-refractivity contribution in [2.45, 2.75) is 13.3 Å². The summed E-state index contributed by atoms with van der Waals surface area (Å²) in [5.74, 6) is 0.912. The zero-order valence-electron chi connectivity index (χ0n) is 19.1. The molecule has 168 valence electrons. The summed E-state index contributed by atoms with van der Waals surface area (Å²) in [4.78, 5) is 4.84. The highest BCUT2D eigenvalue weighted by Gasteiger charge is 2.21. The molecule has 0 spiro atoms. The molecule has 6 rings (SSSR count). The fourth-order valence-electron chi connectivity index (χ4n) is 4.74. The Morgan fingerprint density at radius 2 is 1.66 bits per heavy atom. The van der Waals surface area contributed by atoms with Crippen molar-refractivity contribution in [3.8, 4) is 6.07 Å². The first-order valence-electron chi connectivity index (χ1n) is 11.5. The van der Waals surface area contributed by atoms with Gasteiger partial charge in [0.15, 0.2) is 5.65 Å². The zero-order valence-corrected chi connectivity index (χ0v) is 19.8. The van der Waals surface area contributed by atoms with Crippen molar-refractivity contribution in [3.05, 3.63) is 118 Å². The topological polar surface area (TPSA) is 53.1 Å². The third-order valence-electron chi connectivity index (χ3n) is 6.54. The van der Waals surface area contributed by atoms with E-state index in [1.807, 2.05) is 67.6 Å². The second-order valence-electron chi connectivity index (χ2n) is 8.69. The van der Waals surface area contributed by atoms with Crippen LogP contribution in [0.2, 0.25) is 5.02 Å². The van der Waals surface area contributed by atoms with Gasteiger partial charge in [0.25, 0.3) is 0 Å². The Kier molecular flexibility index (Phi) is 5.13. The van der Waals surface area contributed by atoms with E-state index < -0.39 is 0 Å². The van der Waals surface area contributed by atoms with Crippen molar-refractivity contribution in [3.63, 3.8) is 0 Å². The van der Waals surface area contributed by atoms with Gasteiger partial charge in [-0.25, -0.2) is 4.98 Å². The van der Waals surface area contributed by atoms with Crippen LogP contribution in [0.4, 0.5) is 11.5 Å². The number of hydrogen-bond donors (Lipinski definition) is 1. The molecule has 0 aliphatic heterocycles. The molecule has 2 aromatic heterocycles. The van der Waals surface area contributed by atoms with Gasteiger partial charge in [0.05, 0.1) is 16.6 Å². The molecule has 0 radical (unpaired) electrons. The number of para-hydroxylation sites is 2. The van der Waals surface area contributed by atoms with Gasteiger partial charge in [-0.05, 0) is 65.2 Å². The Hall–Kier alpha value is -4.33. The summed E-state index contributed by atoms with van der Waals surface area (Å²) in [7, 11) is 0. The minimum atomic E-state index is 0.592. The number of halogens is 1. The highest BCUT2D eigenvalue weighted by molar-refractivity contribution is 6.30. The third-order valence-corrected chi connectivity index (χ3v) is 6.79. The standard InChI is InChI=1S/C30H21ClN4/c1-19-25(16-20-10-13-23(31)14-11-20)29(33-24-15-12-21-6-2-3-7-22(21)17-24)35-28-9-5-4-8-27(28)34-30(35)26(19)18-32/h2-15,17,33H,16H2,1H3. The van der Waals surface area contributed by atoms with Crippen LogP contribution < -0.4 is 5.32 Å². The van der Waals surface area contributed by atoms with E-state index in [4.69, 9.17) is 16.6 Å². The van der Waals surface area contributed by atoms with Gasteiger partial charge in [0.1, 0.15) is 11.9 Å². The van der Waals surface area contributed by atoms with Gasteiger partial charge in [-0.3, -0.25) is 4.40 Å². The third kappa shape index (κ3) is 3.67. The Labute approximate surface area is 208 Å². The second-order valence-corrected chi connectivity index (χ2v) is 9.13. The molecular weight excluding hydrogens is 452 g/mol. The van der Waals surface area contributed by atoms with Crippen molar-refractivity contribution < 1.29 is 0 Å². The van der Waals surface area contributed by atoms with Crippen molar-refractivity contribution in [2.24, 2.45) is 0 Å². The first-order valence-corrected chi connectivity index (χ1v) is 11.8. The number of hydrogen-bond acceptors (Lipinski definition) is 3. The maximum Gasteiger partial charge on any atom is 0.157 e. The number of fused-ring (bicyclic) bond motifs is 4. The van der Waals surface area contributed by atoms with Crippen LogP contribution >= 0.6 is 11.6 Å². The Bertz CT molecular complexity index is 1780. The van der Waals surface area contributed by atoms with Crippen LogP contribution in [0.25, 0.3) is 27.5 Å². The summed E-state index contributed by atoms with van der Waals surface area (Å²) >= 11 is 6.14. The summed E-state index contributed by atoms with van der Waals surface area (Å²) in [5, 5.41) is 16.9. The second kappa shape index (κ2) is 8.47. The van der Waals surface area contributed by atoms with Crippen LogP contribution in [0.15, 0.2) is 91.0 Å². The number of nitrogens with zero attached hydrogens (tertiary/aromatic N) is 3. The van der Waals surface area contributed by atoms with Crippen LogP contribution in [0.1, 0.15) is 22.3 Å². The van der Waals surface area contributed by atoms with Crippen LogP contribution in [0, 0.1) is 18.3 Å². The lowest BCUT2D eigenvalue weighted by molar-refractivity contribution is 1.08. The van der Waals surface area contributed by atoms with Crippen molar-refractivity contribution in [1.29, 1.82) is 5.26 Å². The molecule has 0 aliphatic carbocycles. The summed E-state index contributed by atoms with van der Waals surface area (Å²) in [6.07, 6.45) is 0.649. The van der Waals surface area contributed by atoms with Crippen LogP contribution in [-0.4, -0.2) is 9.38 Å². The number of pyridine rings is 1. The molecule has 1 N–H and O–H groups in total.